The molecule has 4 aromatic carbocycles. The van der Waals surface area contributed by atoms with E-state index in [1.807, 2.05) is 117 Å². The van der Waals surface area contributed by atoms with Gasteiger partial charge in [-0.05, 0) is 114 Å². The normalized spacial score (nSPS) is 17.4. The molecule has 2 aliphatic heterocycles. The summed E-state index contributed by atoms with van der Waals surface area (Å²) in [6.45, 7) is 12.0. The number of carbonyl (C=O) groups is 3. The van der Waals surface area contributed by atoms with Crippen molar-refractivity contribution in [3.8, 4) is 27.8 Å². The van der Waals surface area contributed by atoms with E-state index in [9.17, 15) is 19.5 Å². The van der Waals surface area contributed by atoms with Crippen LogP contribution in [0.3, 0.4) is 0 Å². The van der Waals surface area contributed by atoms with Crippen molar-refractivity contribution in [2.45, 2.75) is 84.2 Å². The van der Waals surface area contributed by atoms with Crippen molar-refractivity contribution in [2.75, 3.05) is 46.6 Å². The lowest BCUT2D eigenvalue weighted by atomic mass is 9.88. The molecule has 4 heterocycles. The summed E-state index contributed by atoms with van der Waals surface area (Å²) in [5.74, 6) is 1.01. The Kier molecular flexibility index (Phi) is 16.7. The molecule has 72 heavy (non-hydrogen) atoms. The number of carbonyl (C=O) groups excluding carboxylic acids is 3. The Hall–Kier alpha value is -7.10. The standard InChI is InChI=1S/C57H64N6O8S/c1-7-46(39-13-9-8-10-14-39)52(40-19-25-44(64)26-20-40)41-21-27-45(28-22-41)69-32-30-62(6)50(65)16-12-31-68-33-34-70-49-35-48(71-61-49)51(37(2)3)55(66)63-29-11-15-47(63)54-59-56(67)57(5,60-54)43-23-17-42(18-24-43)53-38(4)58-36-72-53/h8-10,13-14,17-28,35-37,47,51,64H,7,11-12,15-16,29-34H2,1-6H3,(H,59,60,67)/b52-46+/t47-,51?,57-/m0/s1. The third-order valence-electron chi connectivity index (χ3n) is 13.4. The van der Waals surface area contributed by atoms with Crippen molar-refractivity contribution in [3.05, 3.63) is 148 Å². The number of phenolic OH excluding ortho intramolecular Hbond substituents is 1. The van der Waals surface area contributed by atoms with E-state index >= 15 is 0 Å². The predicted octanol–water partition coefficient (Wildman–Crippen LogP) is 10.1. The minimum Gasteiger partial charge on any atom is -0.508 e. The van der Waals surface area contributed by atoms with Gasteiger partial charge < -0.3 is 39.0 Å². The first-order valence-electron chi connectivity index (χ1n) is 24.8. The summed E-state index contributed by atoms with van der Waals surface area (Å²) in [5, 5.41) is 17.1. The minimum atomic E-state index is -1.13. The molecule has 6 aromatic rings. The van der Waals surface area contributed by atoms with Crippen molar-refractivity contribution < 1.29 is 38.2 Å². The lowest BCUT2D eigenvalue weighted by Crippen LogP contribution is -2.48. The molecule has 14 nitrogen and oxygen atoms in total. The number of benzene rings is 4. The number of aromatic hydroxyl groups is 1. The van der Waals surface area contributed by atoms with Crippen LogP contribution in [0.1, 0.15) is 99.4 Å². The number of phenols is 1. The Morgan fingerprint density at radius 3 is 2.33 bits per heavy atom. The number of ether oxygens (including phenoxy) is 3. The summed E-state index contributed by atoms with van der Waals surface area (Å²) in [6, 6.07) is 34.8. The molecule has 2 aliphatic rings. The van der Waals surface area contributed by atoms with E-state index in [0.717, 1.165) is 56.8 Å². The number of hydrogen-bond donors (Lipinski definition) is 2. The molecule has 1 unspecified atom stereocenters. The van der Waals surface area contributed by atoms with Crippen molar-refractivity contribution in [1.29, 1.82) is 0 Å². The van der Waals surface area contributed by atoms with Gasteiger partial charge in [0.1, 0.15) is 36.5 Å². The molecule has 2 aromatic heterocycles. The Morgan fingerprint density at radius 1 is 0.931 bits per heavy atom. The molecule has 8 rings (SSSR count). The fraction of sp³-hybridized carbons (Fsp3) is 0.368. The molecule has 0 radical (unpaired) electrons. The molecule has 3 atom stereocenters. The first kappa shape index (κ1) is 51.3. The van der Waals surface area contributed by atoms with Crippen LogP contribution < -0.4 is 14.8 Å². The summed E-state index contributed by atoms with van der Waals surface area (Å²) >= 11 is 1.58. The number of hydrogen-bond acceptors (Lipinski definition) is 12. The number of aryl methyl sites for hydroxylation is 1. The maximum Gasteiger partial charge on any atom is 0.257 e. The van der Waals surface area contributed by atoms with Crippen molar-refractivity contribution in [2.24, 2.45) is 10.9 Å². The highest BCUT2D eigenvalue weighted by Gasteiger charge is 2.46. The van der Waals surface area contributed by atoms with Crippen molar-refractivity contribution >= 4 is 46.0 Å². The van der Waals surface area contributed by atoms with Crippen LogP contribution in [0.4, 0.5) is 0 Å². The topological polar surface area (TPSA) is 169 Å². The zero-order valence-electron chi connectivity index (χ0n) is 41.9. The van der Waals surface area contributed by atoms with Gasteiger partial charge in [0, 0.05) is 32.7 Å². The summed E-state index contributed by atoms with van der Waals surface area (Å²) in [7, 11) is 1.77. The van der Waals surface area contributed by atoms with Crippen molar-refractivity contribution in [3.63, 3.8) is 0 Å². The monoisotopic (exact) mass is 992 g/mol. The van der Waals surface area contributed by atoms with Gasteiger partial charge in [-0.1, -0.05) is 99.6 Å². The second-order valence-corrected chi connectivity index (χ2v) is 19.6. The number of nitrogens with zero attached hydrogens (tertiary/aromatic N) is 5. The van der Waals surface area contributed by atoms with E-state index in [2.05, 4.69) is 34.5 Å². The number of nitrogens with one attached hydrogen (secondary N) is 1. The first-order valence-corrected chi connectivity index (χ1v) is 25.7. The maximum absolute atomic E-state index is 14.3. The third-order valence-corrected chi connectivity index (χ3v) is 14.4. The summed E-state index contributed by atoms with van der Waals surface area (Å²) in [5.41, 5.74) is 8.97. The van der Waals surface area contributed by atoms with Gasteiger partial charge in [-0.2, -0.15) is 0 Å². The van der Waals surface area contributed by atoms with Gasteiger partial charge in [-0.3, -0.25) is 14.4 Å². The summed E-state index contributed by atoms with van der Waals surface area (Å²) < 4.78 is 23.4. The molecule has 0 bridgehead atoms. The molecule has 0 spiro atoms. The molecule has 1 saturated heterocycles. The second-order valence-electron chi connectivity index (χ2n) is 18.7. The Balaban J connectivity index is 0.759. The summed E-state index contributed by atoms with van der Waals surface area (Å²) in [6.07, 6.45) is 3.15. The van der Waals surface area contributed by atoms with Gasteiger partial charge in [0.25, 0.3) is 11.8 Å². The second kappa shape index (κ2) is 23.4. The summed E-state index contributed by atoms with van der Waals surface area (Å²) in [4.78, 5) is 54.6. The Bertz CT molecular complexity index is 2860. The Morgan fingerprint density at radius 2 is 1.65 bits per heavy atom. The van der Waals surface area contributed by atoms with Gasteiger partial charge in [0.2, 0.25) is 11.8 Å². The zero-order chi connectivity index (χ0) is 50.8. The molecule has 3 amide bonds. The highest BCUT2D eigenvalue weighted by Crippen LogP contribution is 2.38. The maximum atomic E-state index is 14.3. The van der Waals surface area contributed by atoms with Crippen LogP contribution in [0.15, 0.2) is 124 Å². The SMILES string of the molecule is CC/C(=C(/c1ccc(O)cc1)c1ccc(OCCN(C)C(=O)CCCOCCOc2cc(C(C(=O)N3CCC[C@H]3C3=N[C@@](C)(c4ccc(-c5scnc5C)cc4)C(=O)N3)C(C)C)on2)cc1)c1ccccc1. The van der Waals surface area contributed by atoms with Crippen LogP contribution in [0.5, 0.6) is 17.4 Å². The van der Waals surface area contributed by atoms with E-state index in [4.69, 9.17) is 23.7 Å². The first-order chi connectivity index (χ1) is 34.8. The lowest BCUT2D eigenvalue weighted by molar-refractivity contribution is -0.134. The molecule has 15 heteroatoms. The van der Waals surface area contributed by atoms with Gasteiger partial charge in [0.15, 0.2) is 11.3 Å². The number of aliphatic imine (C=N–C) groups is 1. The van der Waals surface area contributed by atoms with Crippen LogP contribution in [0.25, 0.3) is 21.6 Å². The molecule has 0 saturated carbocycles. The van der Waals surface area contributed by atoms with Crippen LogP contribution in [-0.4, -0.2) is 101 Å². The fourth-order valence-electron chi connectivity index (χ4n) is 9.43. The van der Waals surface area contributed by atoms with Gasteiger partial charge in [-0.15, -0.1) is 11.3 Å². The largest absolute Gasteiger partial charge is 0.508 e. The lowest BCUT2D eigenvalue weighted by Gasteiger charge is -2.29. The van der Waals surface area contributed by atoms with Gasteiger partial charge >= 0.3 is 0 Å². The van der Waals surface area contributed by atoms with Crippen LogP contribution in [0, 0.1) is 12.8 Å². The van der Waals surface area contributed by atoms with Crippen LogP contribution in [-0.2, 0) is 24.7 Å². The number of thiazole rings is 1. The minimum absolute atomic E-state index is 0.00118. The average molecular weight is 993 g/mol. The average Bonchev–Trinajstić information content (AvgIpc) is 4.22. The van der Waals surface area contributed by atoms with Gasteiger partial charge in [-0.25, -0.2) is 9.98 Å². The van der Waals surface area contributed by atoms with Gasteiger partial charge in [0.05, 0.1) is 35.3 Å². The number of allylic oxidation sites excluding steroid dienone is 1. The van der Waals surface area contributed by atoms with E-state index in [1.165, 1.54) is 5.57 Å². The van der Waals surface area contributed by atoms with Crippen molar-refractivity contribution in [1.82, 2.24) is 25.3 Å². The van der Waals surface area contributed by atoms with E-state index < -0.39 is 11.5 Å². The Labute approximate surface area is 425 Å². The quantitative estimate of drug-likeness (QED) is 0.0493. The van der Waals surface area contributed by atoms with E-state index in [-0.39, 0.29) is 54.5 Å². The molecule has 376 valence electrons. The number of likely N-dealkylation sites (tertiary alicyclic amines) is 1. The number of amides is 3. The highest BCUT2D eigenvalue weighted by molar-refractivity contribution is 7.13. The van der Waals surface area contributed by atoms with Crippen LogP contribution in [0.2, 0.25) is 0 Å². The number of amidine groups is 1. The number of aromatic nitrogens is 2. The molecule has 1 fully saturated rings. The molecular formula is C57H64N6O8S. The van der Waals surface area contributed by atoms with Crippen LogP contribution >= 0.6 is 11.3 Å². The molecule has 2 N–H and O–H groups in total. The van der Waals surface area contributed by atoms with E-state index in [1.54, 1.807) is 41.5 Å². The number of rotatable bonds is 22. The highest BCUT2D eigenvalue weighted by atomic mass is 32.1. The number of likely N-dealkylation sites (N-methyl/N-ethyl adjacent to an activating group) is 1. The molecule has 0 aliphatic carbocycles. The third kappa shape index (κ3) is 11.8. The predicted molar refractivity (Wildman–Crippen MR) is 280 cm³/mol. The fourth-order valence-corrected chi connectivity index (χ4v) is 10.2. The molecular weight excluding hydrogens is 929 g/mol. The van der Waals surface area contributed by atoms with E-state index in [0.29, 0.717) is 62.9 Å². The smallest absolute Gasteiger partial charge is 0.257 e. The zero-order valence-corrected chi connectivity index (χ0v) is 42.7.